The average Bonchev–Trinajstić information content (AvgIpc) is 2.73. The Kier molecular flexibility index (Phi) is 6.71. The highest BCUT2D eigenvalue weighted by molar-refractivity contribution is 5.95. The van der Waals surface area contributed by atoms with Crippen molar-refractivity contribution in [2.24, 2.45) is 11.8 Å². The summed E-state index contributed by atoms with van der Waals surface area (Å²) in [6.07, 6.45) is -3.67. The van der Waals surface area contributed by atoms with Crippen LogP contribution in [-0.4, -0.2) is 24.0 Å². The number of carbonyl (C=O) groups excluding carboxylic acids is 1. The first kappa shape index (κ1) is 23.5. The fourth-order valence-corrected chi connectivity index (χ4v) is 4.19. The molecule has 32 heavy (non-hydrogen) atoms. The minimum atomic E-state index is -4.74. The van der Waals surface area contributed by atoms with Gasteiger partial charge in [0.25, 0.3) is 0 Å². The van der Waals surface area contributed by atoms with Crippen molar-refractivity contribution in [3.8, 4) is 0 Å². The molecule has 1 amide bonds. The molecule has 1 aliphatic carbocycles. The summed E-state index contributed by atoms with van der Waals surface area (Å²) in [7, 11) is 1.54. The molecule has 3 atom stereocenters. The average molecular weight is 456 g/mol. The second kappa shape index (κ2) is 9.13. The van der Waals surface area contributed by atoms with Crippen LogP contribution in [0.3, 0.4) is 0 Å². The zero-order chi connectivity index (χ0) is 23.6. The highest BCUT2D eigenvalue weighted by Gasteiger charge is 2.43. The van der Waals surface area contributed by atoms with Gasteiger partial charge in [0.05, 0.1) is 28.8 Å². The summed E-state index contributed by atoms with van der Waals surface area (Å²) in [5.41, 5.74) is -1.02. The number of halogens is 5. The Bertz CT molecular complexity index is 1030. The maximum atomic E-state index is 14.2. The van der Waals surface area contributed by atoms with Crippen LogP contribution in [0.4, 0.5) is 33.3 Å². The first-order valence-electron chi connectivity index (χ1n) is 9.90. The molecule has 0 bridgehead atoms. The zero-order valence-corrected chi connectivity index (χ0v) is 17.0. The van der Waals surface area contributed by atoms with Crippen LogP contribution in [0.15, 0.2) is 36.4 Å². The third-order valence-corrected chi connectivity index (χ3v) is 5.76. The van der Waals surface area contributed by atoms with Crippen molar-refractivity contribution < 1.29 is 36.6 Å². The molecule has 172 valence electrons. The van der Waals surface area contributed by atoms with Crippen LogP contribution in [0.5, 0.6) is 0 Å². The smallest absolute Gasteiger partial charge is 0.416 e. The second-order valence-electron chi connectivity index (χ2n) is 7.68. The number of amides is 1. The van der Waals surface area contributed by atoms with E-state index < -0.39 is 58.7 Å². The number of carboxylic acids is 1. The van der Waals surface area contributed by atoms with E-state index in [9.17, 15) is 36.6 Å². The van der Waals surface area contributed by atoms with E-state index in [4.69, 9.17) is 0 Å². The first-order chi connectivity index (χ1) is 15.0. The van der Waals surface area contributed by atoms with Crippen molar-refractivity contribution in [1.82, 2.24) is 0 Å². The zero-order valence-electron chi connectivity index (χ0n) is 17.0. The Morgan fingerprint density at radius 3 is 2.22 bits per heavy atom. The van der Waals surface area contributed by atoms with E-state index in [2.05, 4.69) is 10.6 Å². The van der Waals surface area contributed by atoms with Gasteiger partial charge in [0.2, 0.25) is 5.91 Å². The molecule has 0 aromatic heterocycles. The van der Waals surface area contributed by atoms with Gasteiger partial charge in [0.1, 0.15) is 11.6 Å². The maximum Gasteiger partial charge on any atom is 0.416 e. The minimum Gasteiger partial charge on any atom is -0.481 e. The van der Waals surface area contributed by atoms with Crippen molar-refractivity contribution in [2.45, 2.75) is 31.4 Å². The van der Waals surface area contributed by atoms with Crippen LogP contribution >= 0.6 is 0 Å². The van der Waals surface area contributed by atoms with E-state index in [1.165, 1.54) is 12.1 Å². The molecular weight excluding hydrogens is 435 g/mol. The molecule has 3 N–H and O–H groups in total. The Morgan fingerprint density at radius 1 is 1.00 bits per heavy atom. The molecule has 10 heteroatoms. The quantitative estimate of drug-likeness (QED) is 0.537. The SMILES string of the molecule is CNc1ccc([C@H]2CCC[C@@H](C(=O)Nc3ccc(C(F)(F)F)cc3F)[C@@H]2C(=O)O)cc1F. The standard InChI is InChI=1S/C22H21F5N2O3/c1-28-17-7-5-11(9-15(17)23)13-3-2-4-14(19(13)21(31)32)20(30)29-18-8-6-12(10-16(18)24)22(25,26)27/h5-10,13-14,19,28H,2-4H2,1H3,(H,29,30)(H,31,32)/t13-,14-,19-/m1/s1. The normalized spacial score (nSPS) is 21.1. The largest absolute Gasteiger partial charge is 0.481 e. The van der Waals surface area contributed by atoms with Crippen molar-refractivity contribution in [3.05, 3.63) is 59.2 Å². The fraction of sp³-hybridized carbons (Fsp3) is 0.364. The Hall–Kier alpha value is -3.17. The molecule has 0 spiro atoms. The van der Waals surface area contributed by atoms with Gasteiger partial charge in [-0.05, 0) is 54.7 Å². The molecule has 1 saturated carbocycles. The number of hydrogen-bond donors (Lipinski definition) is 3. The van der Waals surface area contributed by atoms with Gasteiger partial charge in [0.15, 0.2) is 0 Å². The van der Waals surface area contributed by atoms with Gasteiger partial charge in [-0.3, -0.25) is 9.59 Å². The van der Waals surface area contributed by atoms with Gasteiger partial charge >= 0.3 is 12.1 Å². The highest BCUT2D eigenvalue weighted by atomic mass is 19.4. The molecule has 0 saturated heterocycles. The lowest BCUT2D eigenvalue weighted by Gasteiger charge is -2.35. The number of benzene rings is 2. The van der Waals surface area contributed by atoms with Crippen LogP contribution in [-0.2, 0) is 15.8 Å². The number of alkyl halides is 3. The van der Waals surface area contributed by atoms with Crippen LogP contribution in [0.25, 0.3) is 0 Å². The maximum absolute atomic E-state index is 14.2. The summed E-state index contributed by atoms with van der Waals surface area (Å²) in [4.78, 5) is 24.9. The summed E-state index contributed by atoms with van der Waals surface area (Å²) in [6, 6.07) is 5.97. The van der Waals surface area contributed by atoms with Gasteiger partial charge in [-0.1, -0.05) is 12.5 Å². The highest BCUT2D eigenvalue weighted by Crippen LogP contribution is 2.43. The van der Waals surface area contributed by atoms with Crippen LogP contribution < -0.4 is 10.6 Å². The van der Waals surface area contributed by atoms with Crippen molar-refractivity contribution in [3.63, 3.8) is 0 Å². The van der Waals surface area contributed by atoms with Crippen molar-refractivity contribution in [2.75, 3.05) is 17.7 Å². The molecular formula is C22H21F5N2O3. The molecule has 2 aromatic rings. The predicted molar refractivity (Wildman–Crippen MR) is 107 cm³/mol. The van der Waals surface area contributed by atoms with Crippen LogP contribution in [0, 0.1) is 23.5 Å². The van der Waals surface area contributed by atoms with E-state index in [0.717, 1.165) is 6.07 Å². The first-order valence-corrected chi connectivity index (χ1v) is 9.90. The van der Waals surface area contributed by atoms with Gasteiger partial charge in [-0.15, -0.1) is 0 Å². The number of carboxylic acid groups (broad SMARTS) is 1. The molecule has 5 nitrogen and oxygen atoms in total. The Balaban J connectivity index is 1.85. The lowest BCUT2D eigenvalue weighted by atomic mass is 9.69. The lowest BCUT2D eigenvalue weighted by molar-refractivity contribution is -0.148. The molecule has 0 unspecified atom stereocenters. The topological polar surface area (TPSA) is 78.4 Å². The van der Waals surface area contributed by atoms with Crippen LogP contribution in [0.1, 0.15) is 36.3 Å². The number of carbonyl (C=O) groups is 2. The predicted octanol–water partition coefficient (Wildman–Crippen LogP) is 5.25. The van der Waals surface area contributed by atoms with E-state index in [-0.39, 0.29) is 18.2 Å². The molecule has 1 fully saturated rings. The van der Waals surface area contributed by atoms with Crippen molar-refractivity contribution >= 4 is 23.3 Å². The molecule has 0 radical (unpaired) electrons. The number of rotatable bonds is 5. The molecule has 0 aliphatic heterocycles. The van der Waals surface area contributed by atoms with E-state index in [1.54, 1.807) is 13.1 Å². The summed E-state index contributed by atoms with van der Waals surface area (Å²) < 4.78 is 66.5. The van der Waals surface area contributed by atoms with E-state index in [0.29, 0.717) is 24.5 Å². The number of hydrogen-bond acceptors (Lipinski definition) is 3. The summed E-state index contributed by atoms with van der Waals surface area (Å²) >= 11 is 0. The number of aliphatic carboxylic acids is 1. The van der Waals surface area contributed by atoms with Gasteiger partial charge in [-0.2, -0.15) is 13.2 Å². The van der Waals surface area contributed by atoms with Crippen LogP contribution in [0.2, 0.25) is 0 Å². The Labute approximate surface area is 180 Å². The van der Waals surface area contributed by atoms with Gasteiger partial charge in [0, 0.05) is 7.05 Å². The van der Waals surface area contributed by atoms with Crippen molar-refractivity contribution in [1.29, 1.82) is 0 Å². The summed E-state index contributed by atoms with van der Waals surface area (Å²) in [5, 5.41) is 14.7. The number of nitrogens with one attached hydrogen (secondary N) is 2. The minimum absolute atomic E-state index is 0.193. The summed E-state index contributed by atoms with van der Waals surface area (Å²) in [5.74, 6) is -6.85. The molecule has 2 aromatic carbocycles. The summed E-state index contributed by atoms with van der Waals surface area (Å²) in [6.45, 7) is 0. The lowest BCUT2D eigenvalue weighted by Crippen LogP contribution is -2.40. The van der Waals surface area contributed by atoms with Gasteiger partial charge < -0.3 is 15.7 Å². The van der Waals surface area contributed by atoms with Gasteiger partial charge in [-0.25, -0.2) is 8.78 Å². The number of anilines is 2. The third-order valence-electron chi connectivity index (χ3n) is 5.76. The van der Waals surface area contributed by atoms with E-state index in [1.807, 2.05) is 0 Å². The van der Waals surface area contributed by atoms with E-state index >= 15 is 0 Å². The Morgan fingerprint density at radius 2 is 1.66 bits per heavy atom. The molecule has 0 heterocycles. The molecule has 3 rings (SSSR count). The fourth-order valence-electron chi connectivity index (χ4n) is 4.19. The second-order valence-corrected chi connectivity index (χ2v) is 7.68. The third kappa shape index (κ3) is 4.84. The monoisotopic (exact) mass is 456 g/mol. The molecule has 1 aliphatic rings.